The molecule has 1 fully saturated rings. The fourth-order valence-electron chi connectivity index (χ4n) is 3.21. The first-order chi connectivity index (χ1) is 12.6. The van der Waals surface area contributed by atoms with Crippen LogP contribution >= 0.6 is 0 Å². The predicted molar refractivity (Wildman–Crippen MR) is 99.4 cm³/mol. The van der Waals surface area contributed by atoms with E-state index in [1.807, 2.05) is 49.4 Å². The lowest BCUT2D eigenvalue weighted by Crippen LogP contribution is -2.38. The third-order valence-electron chi connectivity index (χ3n) is 4.91. The van der Waals surface area contributed by atoms with Crippen LogP contribution in [0.3, 0.4) is 0 Å². The number of fused-ring (bicyclic) bond motifs is 1. The van der Waals surface area contributed by atoms with Crippen LogP contribution in [-0.2, 0) is 11.2 Å². The topological polar surface area (TPSA) is 67.4 Å². The molecule has 1 saturated carbocycles. The van der Waals surface area contributed by atoms with Gasteiger partial charge in [0.2, 0.25) is 5.91 Å². The highest BCUT2D eigenvalue weighted by Crippen LogP contribution is 2.31. The van der Waals surface area contributed by atoms with Gasteiger partial charge in [0.25, 0.3) is 5.91 Å². The molecule has 5 nitrogen and oxygen atoms in total. The molecular weight excluding hydrogens is 328 g/mol. The van der Waals surface area contributed by atoms with E-state index in [1.54, 1.807) is 0 Å². The SMILES string of the molecule is Cc1ccccc1C(=O)Nc1ccc2c(c1)CC(C(=O)NC1CC1)CO2. The van der Waals surface area contributed by atoms with Crippen LogP contribution in [-0.4, -0.2) is 24.5 Å². The lowest BCUT2D eigenvalue weighted by molar-refractivity contribution is -0.126. The molecule has 0 saturated heterocycles. The normalized spacial score (nSPS) is 18.4. The maximum atomic E-state index is 12.5. The number of carbonyl (C=O) groups excluding carboxylic acids is 2. The Labute approximate surface area is 152 Å². The fraction of sp³-hybridized carbons (Fsp3) is 0.333. The van der Waals surface area contributed by atoms with Gasteiger partial charge in [-0.25, -0.2) is 0 Å². The molecule has 0 aromatic heterocycles. The maximum absolute atomic E-state index is 12.5. The highest BCUT2D eigenvalue weighted by atomic mass is 16.5. The van der Waals surface area contributed by atoms with Crippen LogP contribution < -0.4 is 15.4 Å². The summed E-state index contributed by atoms with van der Waals surface area (Å²) >= 11 is 0. The van der Waals surface area contributed by atoms with E-state index >= 15 is 0 Å². The minimum absolute atomic E-state index is 0.0625. The summed E-state index contributed by atoms with van der Waals surface area (Å²) in [6.07, 6.45) is 2.78. The molecule has 2 N–H and O–H groups in total. The molecule has 0 radical (unpaired) electrons. The molecule has 1 heterocycles. The van der Waals surface area contributed by atoms with Crippen LogP contribution in [0.1, 0.15) is 34.3 Å². The molecule has 1 aliphatic carbocycles. The van der Waals surface area contributed by atoms with Crippen molar-refractivity contribution in [1.29, 1.82) is 0 Å². The van der Waals surface area contributed by atoms with E-state index in [-0.39, 0.29) is 17.7 Å². The Kier molecular flexibility index (Phi) is 4.37. The first kappa shape index (κ1) is 16.6. The smallest absolute Gasteiger partial charge is 0.255 e. The van der Waals surface area contributed by atoms with E-state index in [0.29, 0.717) is 30.3 Å². The molecule has 5 heteroatoms. The van der Waals surface area contributed by atoms with Gasteiger partial charge < -0.3 is 15.4 Å². The average molecular weight is 350 g/mol. The lowest BCUT2D eigenvalue weighted by Gasteiger charge is -2.25. The van der Waals surface area contributed by atoms with Gasteiger partial charge in [0, 0.05) is 17.3 Å². The summed E-state index contributed by atoms with van der Waals surface area (Å²) in [5, 5.41) is 5.98. The molecule has 2 aliphatic rings. The number of nitrogens with one attached hydrogen (secondary N) is 2. The van der Waals surface area contributed by atoms with Crippen LogP contribution in [0.2, 0.25) is 0 Å². The second-order valence-electron chi connectivity index (χ2n) is 7.09. The van der Waals surface area contributed by atoms with E-state index < -0.39 is 0 Å². The molecule has 1 atom stereocenters. The van der Waals surface area contributed by atoms with Crippen molar-refractivity contribution < 1.29 is 14.3 Å². The Balaban J connectivity index is 1.47. The summed E-state index contributed by atoms with van der Waals surface area (Å²) in [5.74, 6) is 0.537. The summed E-state index contributed by atoms with van der Waals surface area (Å²) in [5.41, 5.74) is 3.25. The molecule has 2 aromatic rings. The minimum Gasteiger partial charge on any atom is -0.492 e. The number of aryl methyl sites for hydroxylation is 1. The van der Waals surface area contributed by atoms with Crippen LogP contribution in [0.4, 0.5) is 5.69 Å². The van der Waals surface area contributed by atoms with Gasteiger partial charge in [0.05, 0.1) is 5.92 Å². The van der Waals surface area contributed by atoms with Crippen molar-refractivity contribution in [2.24, 2.45) is 5.92 Å². The van der Waals surface area contributed by atoms with Crippen LogP contribution in [0.5, 0.6) is 5.75 Å². The van der Waals surface area contributed by atoms with Crippen molar-refractivity contribution in [3.63, 3.8) is 0 Å². The van der Waals surface area contributed by atoms with Crippen molar-refractivity contribution in [3.05, 3.63) is 59.2 Å². The second-order valence-corrected chi connectivity index (χ2v) is 7.09. The molecule has 4 rings (SSSR count). The van der Waals surface area contributed by atoms with Crippen molar-refractivity contribution in [1.82, 2.24) is 5.32 Å². The average Bonchev–Trinajstić information content (AvgIpc) is 3.45. The Bertz CT molecular complexity index is 858. The largest absolute Gasteiger partial charge is 0.492 e. The highest BCUT2D eigenvalue weighted by Gasteiger charge is 2.30. The van der Waals surface area contributed by atoms with Crippen LogP contribution in [0.25, 0.3) is 0 Å². The zero-order valence-electron chi connectivity index (χ0n) is 14.7. The van der Waals surface area contributed by atoms with E-state index in [1.165, 1.54) is 0 Å². The quantitative estimate of drug-likeness (QED) is 0.890. The lowest BCUT2D eigenvalue weighted by atomic mass is 9.95. The number of amides is 2. The van der Waals surface area contributed by atoms with E-state index in [4.69, 9.17) is 4.74 Å². The van der Waals surface area contributed by atoms with E-state index in [9.17, 15) is 9.59 Å². The summed E-state index contributed by atoms with van der Waals surface area (Å²) in [6, 6.07) is 13.4. The third kappa shape index (κ3) is 3.57. The van der Waals surface area contributed by atoms with Crippen molar-refractivity contribution >= 4 is 17.5 Å². The number of anilines is 1. The van der Waals surface area contributed by atoms with Gasteiger partial charge >= 0.3 is 0 Å². The Hall–Kier alpha value is -2.82. The monoisotopic (exact) mass is 350 g/mol. The Morgan fingerprint density at radius 1 is 1.12 bits per heavy atom. The van der Waals surface area contributed by atoms with Crippen LogP contribution in [0.15, 0.2) is 42.5 Å². The zero-order chi connectivity index (χ0) is 18.1. The van der Waals surface area contributed by atoms with Crippen molar-refractivity contribution in [2.75, 3.05) is 11.9 Å². The first-order valence-electron chi connectivity index (χ1n) is 9.03. The fourth-order valence-corrected chi connectivity index (χ4v) is 3.21. The molecule has 134 valence electrons. The van der Waals surface area contributed by atoms with E-state index in [2.05, 4.69) is 10.6 Å². The van der Waals surface area contributed by atoms with Gasteiger partial charge in [-0.15, -0.1) is 0 Å². The summed E-state index contributed by atoms with van der Waals surface area (Å²) < 4.78 is 5.75. The van der Waals surface area contributed by atoms with E-state index in [0.717, 1.165) is 29.7 Å². The summed E-state index contributed by atoms with van der Waals surface area (Å²) in [6.45, 7) is 2.32. The third-order valence-corrected chi connectivity index (χ3v) is 4.91. The standard InChI is InChI=1S/C21H22N2O3/c1-13-4-2-3-5-18(13)21(25)23-17-8-9-19-14(11-17)10-15(12-26-19)20(24)22-16-6-7-16/h2-5,8-9,11,15-16H,6-7,10,12H2,1H3,(H,22,24)(H,23,25). The molecule has 26 heavy (non-hydrogen) atoms. The zero-order valence-corrected chi connectivity index (χ0v) is 14.7. The van der Waals surface area contributed by atoms with Crippen molar-refractivity contribution in [2.45, 2.75) is 32.2 Å². The van der Waals surface area contributed by atoms with Gasteiger partial charge in [-0.3, -0.25) is 9.59 Å². The van der Waals surface area contributed by atoms with Gasteiger partial charge in [-0.05, 0) is 61.6 Å². The Morgan fingerprint density at radius 2 is 1.92 bits per heavy atom. The van der Waals surface area contributed by atoms with Gasteiger partial charge in [0.1, 0.15) is 12.4 Å². The van der Waals surface area contributed by atoms with Gasteiger partial charge in [-0.1, -0.05) is 18.2 Å². The molecule has 1 unspecified atom stereocenters. The van der Waals surface area contributed by atoms with Gasteiger partial charge in [0.15, 0.2) is 0 Å². The summed E-state index contributed by atoms with van der Waals surface area (Å²) in [4.78, 5) is 24.8. The molecule has 0 spiro atoms. The van der Waals surface area contributed by atoms with Crippen molar-refractivity contribution in [3.8, 4) is 5.75 Å². The van der Waals surface area contributed by atoms with Crippen LogP contribution in [0, 0.1) is 12.8 Å². The summed E-state index contributed by atoms with van der Waals surface area (Å²) in [7, 11) is 0. The number of carbonyl (C=O) groups is 2. The molecule has 2 amide bonds. The maximum Gasteiger partial charge on any atom is 0.255 e. The Morgan fingerprint density at radius 3 is 2.69 bits per heavy atom. The molecule has 1 aliphatic heterocycles. The highest BCUT2D eigenvalue weighted by molar-refractivity contribution is 6.05. The molecule has 0 bridgehead atoms. The predicted octanol–water partition coefficient (Wildman–Crippen LogP) is 3.08. The number of hydrogen-bond donors (Lipinski definition) is 2. The number of hydrogen-bond acceptors (Lipinski definition) is 3. The number of benzene rings is 2. The second kappa shape index (κ2) is 6.83. The van der Waals surface area contributed by atoms with Gasteiger partial charge in [-0.2, -0.15) is 0 Å². The number of ether oxygens (including phenoxy) is 1. The molecular formula is C21H22N2O3. The molecule has 2 aromatic carbocycles. The number of rotatable bonds is 4. The minimum atomic E-state index is -0.176. The first-order valence-corrected chi connectivity index (χ1v) is 9.03.